The third-order valence-electron chi connectivity index (χ3n) is 12.6. The van der Waals surface area contributed by atoms with Gasteiger partial charge < -0.3 is 39.0 Å². The molecule has 3 N–H and O–H groups in total. The Balaban J connectivity index is 2.73. The normalized spacial score (nSPS) is 18.9. The van der Waals surface area contributed by atoms with Crippen LogP contribution >= 0.6 is 0 Å². The Labute approximate surface area is 453 Å². The van der Waals surface area contributed by atoms with E-state index in [0.717, 1.165) is 96.3 Å². The van der Waals surface area contributed by atoms with Gasteiger partial charge in [-0.1, -0.05) is 208 Å². The summed E-state index contributed by atoms with van der Waals surface area (Å²) in [5.74, 6) is -3.31. The van der Waals surface area contributed by atoms with Crippen LogP contribution in [-0.2, 0) is 42.9 Å². The van der Waals surface area contributed by atoms with E-state index in [0.29, 0.717) is 19.3 Å². The molecule has 0 bridgehead atoms. The van der Waals surface area contributed by atoms with E-state index in [1.807, 2.05) is 18.2 Å². The largest absolute Gasteiger partial charge is 0.479 e. The van der Waals surface area contributed by atoms with Gasteiger partial charge in [0.1, 0.15) is 18.8 Å². The Kier molecular flexibility index (Phi) is 46.2. The van der Waals surface area contributed by atoms with Gasteiger partial charge in [-0.05, 0) is 96.3 Å². The summed E-state index contributed by atoms with van der Waals surface area (Å²) in [5.41, 5.74) is 0. The highest BCUT2D eigenvalue weighted by Crippen LogP contribution is 2.26. The third-order valence-corrected chi connectivity index (χ3v) is 12.6. The Hall–Kier alpha value is -4.36. The third kappa shape index (κ3) is 40.6. The molecule has 1 rings (SSSR count). The van der Waals surface area contributed by atoms with Crippen molar-refractivity contribution in [2.24, 2.45) is 0 Å². The van der Waals surface area contributed by atoms with E-state index >= 15 is 0 Å². The lowest BCUT2D eigenvalue weighted by atomic mass is 9.98. The van der Waals surface area contributed by atoms with E-state index in [2.05, 4.69) is 93.7 Å². The minimum absolute atomic E-state index is 0.0353. The number of carbonyl (C=O) groups is 4. The topological polar surface area (TPSA) is 175 Å². The second-order valence-corrected chi connectivity index (χ2v) is 19.6. The molecule has 0 saturated carbocycles. The molecule has 12 heteroatoms. The molecule has 0 aromatic carbocycles. The molecule has 1 aliphatic heterocycles. The predicted molar refractivity (Wildman–Crippen MR) is 303 cm³/mol. The summed E-state index contributed by atoms with van der Waals surface area (Å²) >= 11 is 0. The Morgan fingerprint density at radius 2 is 0.893 bits per heavy atom. The molecular formula is C63H102O12. The van der Waals surface area contributed by atoms with Crippen LogP contribution in [0.2, 0.25) is 0 Å². The number of aliphatic hydroxyl groups is 2. The van der Waals surface area contributed by atoms with E-state index < -0.39 is 67.3 Å². The maximum Gasteiger partial charge on any atom is 0.335 e. The molecule has 0 amide bonds. The zero-order chi connectivity index (χ0) is 54.7. The van der Waals surface area contributed by atoms with Crippen molar-refractivity contribution in [1.29, 1.82) is 0 Å². The molecule has 6 unspecified atom stereocenters. The van der Waals surface area contributed by atoms with Crippen molar-refractivity contribution in [2.45, 2.75) is 263 Å². The molecule has 0 radical (unpaired) electrons. The zero-order valence-corrected chi connectivity index (χ0v) is 46.8. The monoisotopic (exact) mass is 1050 g/mol. The summed E-state index contributed by atoms with van der Waals surface area (Å²) < 4.78 is 28.2. The summed E-state index contributed by atoms with van der Waals surface area (Å²) in [7, 11) is 0. The first-order chi connectivity index (χ1) is 36.6. The molecule has 1 saturated heterocycles. The van der Waals surface area contributed by atoms with E-state index in [1.54, 1.807) is 6.08 Å². The SMILES string of the molecule is CC/C=C\C/C=C\C/C=C\C/C=C\C/C=C\CC(=O)OC(COC(=O)CCCCCCCCCCC/C=C\C/C=C\CCCCC)COC1OC(C(=O)O)C(O)C(O)C1OC(=O)CCCCCCC/C=C\CCCC. The average Bonchev–Trinajstić information content (AvgIpc) is 3.39. The van der Waals surface area contributed by atoms with E-state index in [-0.39, 0.29) is 25.9 Å². The molecule has 426 valence electrons. The molecule has 12 nitrogen and oxygen atoms in total. The van der Waals surface area contributed by atoms with Gasteiger partial charge in [0.15, 0.2) is 24.6 Å². The van der Waals surface area contributed by atoms with Gasteiger partial charge in [-0.2, -0.15) is 0 Å². The quantitative estimate of drug-likeness (QED) is 0.0228. The fourth-order valence-electron chi connectivity index (χ4n) is 8.16. The Morgan fingerprint density at radius 3 is 1.40 bits per heavy atom. The van der Waals surface area contributed by atoms with Gasteiger partial charge in [0.05, 0.1) is 13.0 Å². The summed E-state index contributed by atoms with van der Waals surface area (Å²) in [6.07, 6.45) is 54.2. The molecule has 0 spiro atoms. The minimum atomic E-state index is -1.92. The maximum absolute atomic E-state index is 13.1. The molecule has 1 aliphatic rings. The molecule has 0 aromatic heterocycles. The smallest absolute Gasteiger partial charge is 0.335 e. The number of rotatable bonds is 48. The van der Waals surface area contributed by atoms with Crippen molar-refractivity contribution < 1.29 is 58.2 Å². The number of carboxylic acid groups (broad SMARTS) is 1. The van der Waals surface area contributed by atoms with Crippen LogP contribution in [0, 0.1) is 0 Å². The van der Waals surface area contributed by atoms with E-state index in [4.69, 9.17) is 23.7 Å². The van der Waals surface area contributed by atoms with Crippen LogP contribution in [0.4, 0.5) is 0 Å². The van der Waals surface area contributed by atoms with Crippen molar-refractivity contribution >= 4 is 23.9 Å². The second-order valence-electron chi connectivity index (χ2n) is 19.6. The van der Waals surface area contributed by atoms with Gasteiger partial charge >= 0.3 is 23.9 Å². The van der Waals surface area contributed by atoms with Crippen LogP contribution in [0.1, 0.15) is 226 Å². The fourth-order valence-corrected chi connectivity index (χ4v) is 8.16. The highest BCUT2D eigenvalue weighted by atomic mass is 16.7. The summed E-state index contributed by atoms with van der Waals surface area (Å²) in [6.45, 7) is 5.71. The van der Waals surface area contributed by atoms with Gasteiger partial charge in [-0.3, -0.25) is 14.4 Å². The van der Waals surface area contributed by atoms with Gasteiger partial charge in [0.2, 0.25) is 0 Å². The van der Waals surface area contributed by atoms with Crippen molar-refractivity contribution in [3.05, 3.63) is 97.2 Å². The second kappa shape index (κ2) is 50.5. The van der Waals surface area contributed by atoms with Crippen LogP contribution in [-0.4, -0.2) is 89.2 Å². The predicted octanol–water partition coefficient (Wildman–Crippen LogP) is 14.9. The Bertz CT molecular complexity index is 1670. The molecule has 1 fully saturated rings. The van der Waals surface area contributed by atoms with Crippen LogP contribution in [0.5, 0.6) is 0 Å². The first-order valence-corrected chi connectivity index (χ1v) is 29.2. The molecule has 0 aromatic rings. The van der Waals surface area contributed by atoms with Crippen molar-refractivity contribution in [2.75, 3.05) is 13.2 Å². The standard InChI is InChI=1S/C63H102O12/c1-4-7-10-13-16-19-22-24-26-27-28-29-31-32-35-37-40-43-46-49-55(64)71-52-54(73-56(65)50-47-44-41-39-36-33-30-25-23-20-17-14-11-8-5-2)53-72-63-61(59(68)58(67)60(75-63)62(69)70)74-57(66)51-48-45-42-38-34-21-18-15-12-9-6-3/h8,11,15-20,24-26,30,36,39,44,47,54,58-61,63,67-68H,4-7,9-10,12-14,21-23,27-29,31-35,37-38,40-43,45-46,48-53H2,1-3H3,(H,69,70)/b11-8-,18-15-,19-16-,20-17-,26-24-,30-25-,39-36-,47-44-. The summed E-state index contributed by atoms with van der Waals surface area (Å²) in [6, 6.07) is 0. The lowest BCUT2D eigenvalue weighted by molar-refractivity contribution is -0.301. The fraction of sp³-hybridized carbons (Fsp3) is 0.683. The molecule has 6 atom stereocenters. The number of carbonyl (C=O) groups excluding carboxylic acids is 3. The number of allylic oxidation sites excluding steroid dienone is 15. The Morgan fingerprint density at radius 1 is 0.467 bits per heavy atom. The number of carboxylic acids is 1. The number of aliphatic hydroxyl groups excluding tert-OH is 2. The highest BCUT2D eigenvalue weighted by molar-refractivity contribution is 5.74. The summed E-state index contributed by atoms with van der Waals surface area (Å²) in [5, 5.41) is 31.4. The average molecular weight is 1050 g/mol. The highest BCUT2D eigenvalue weighted by Gasteiger charge is 2.50. The van der Waals surface area contributed by atoms with Crippen LogP contribution in [0.3, 0.4) is 0 Å². The van der Waals surface area contributed by atoms with Crippen molar-refractivity contribution in [1.82, 2.24) is 0 Å². The van der Waals surface area contributed by atoms with Gasteiger partial charge in [0.25, 0.3) is 0 Å². The molecular weight excluding hydrogens is 949 g/mol. The number of esters is 3. The number of hydrogen-bond donors (Lipinski definition) is 3. The van der Waals surface area contributed by atoms with Crippen LogP contribution in [0.15, 0.2) is 97.2 Å². The van der Waals surface area contributed by atoms with Crippen molar-refractivity contribution in [3.8, 4) is 0 Å². The minimum Gasteiger partial charge on any atom is -0.479 e. The molecule has 1 heterocycles. The van der Waals surface area contributed by atoms with Crippen molar-refractivity contribution in [3.63, 3.8) is 0 Å². The molecule has 75 heavy (non-hydrogen) atoms. The number of hydrogen-bond acceptors (Lipinski definition) is 11. The van der Waals surface area contributed by atoms with Gasteiger partial charge in [-0.15, -0.1) is 0 Å². The number of aliphatic carboxylic acids is 1. The first-order valence-electron chi connectivity index (χ1n) is 29.2. The zero-order valence-electron chi connectivity index (χ0n) is 46.8. The van der Waals surface area contributed by atoms with E-state index in [9.17, 15) is 34.5 Å². The molecule has 0 aliphatic carbocycles. The lowest BCUT2D eigenvalue weighted by Crippen LogP contribution is -2.61. The van der Waals surface area contributed by atoms with Crippen LogP contribution < -0.4 is 0 Å². The van der Waals surface area contributed by atoms with Crippen LogP contribution in [0.25, 0.3) is 0 Å². The van der Waals surface area contributed by atoms with E-state index in [1.165, 1.54) is 70.6 Å². The lowest BCUT2D eigenvalue weighted by Gasteiger charge is -2.40. The number of unbranched alkanes of at least 4 members (excludes halogenated alkanes) is 19. The van der Waals surface area contributed by atoms with Gasteiger partial charge in [0, 0.05) is 12.8 Å². The summed E-state index contributed by atoms with van der Waals surface area (Å²) in [4.78, 5) is 51.0. The number of ether oxygens (including phenoxy) is 5. The van der Waals surface area contributed by atoms with Gasteiger partial charge in [-0.25, -0.2) is 4.79 Å². The maximum atomic E-state index is 13.1. The first kappa shape index (κ1) is 68.7.